The number of hydrogen-bond acceptors (Lipinski definition) is 3. The first-order chi connectivity index (χ1) is 19.3. The van der Waals surface area contributed by atoms with Crippen LogP contribution in [0.4, 0.5) is 4.39 Å². The van der Waals surface area contributed by atoms with Gasteiger partial charge in [0.25, 0.3) is 5.91 Å². The highest BCUT2D eigenvalue weighted by Crippen LogP contribution is 2.46. The maximum atomic E-state index is 14.2. The number of nitrogens with one attached hydrogen (secondary N) is 3. The van der Waals surface area contributed by atoms with E-state index in [0.29, 0.717) is 12.0 Å². The monoisotopic (exact) mass is 558 g/mol. The first kappa shape index (κ1) is 26.1. The van der Waals surface area contributed by atoms with E-state index >= 15 is 0 Å². The van der Waals surface area contributed by atoms with Crippen LogP contribution >= 0.6 is 11.6 Å². The Balaban J connectivity index is 1.30. The Labute approximate surface area is 235 Å². The molecule has 7 nitrogen and oxygen atoms in total. The molecule has 0 aliphatic carbocycles. The summed E-state index contributed by atoms with van der Waals surface area (Å²) in [5, 5.41) is 6.83. The van der Waals surface area contributed by atoms with Gasteiger partial charge in [0, 0.05) is 45.7 Å². The number of fused-ring (bicyclic) bond motifs is 7. The van der Waals surface area contributed by atoms with Crippen LogP contribution in [0.3, 0.4) is 0 Å². The van der Waals surface area contributed by atoms with Gasteiger partial charge in [-0.3, -0.25) is 14.4 Å². The molecule has 0 saturated carbocycles. The SMILES string of the molecule is CC(C)C(NC(=O)C1Cc2c([nH]c3ccccc23)C2c3ccccc3C(=O)N12)C(=O)NCc1c(F)cccc1Cl. The molecule has 0 spiro atoms. The van der Waals surface area contributed by atoms with Gasteiger partial charge in [-0.05, 0) is 41.3 Å². The van der Waals surface area contributed by atoms with Crippen molar-refractivity contribution in [3.05, 3.63) is 106 Å². The highest BCUT2D eigenvalue weighted by molar-refractivity contribution is 6.31. The van der Waals surface area contributed by atoms with Crippen LogP contribution in [0, 0.1) is 11.7 Å². The summed E-state index contributed by atoms with van der Waals surface area (Å²) in [6.45, 7) is 3.52. The molecule has 3 aromatic carbocycles. The zero-order chi connectivity index (χ0) is 28.1. The van der Waals surface area contributed by atoms with E-state index < -0.39 is 35.8 Å². The van der Waals surface area contributed by atoms with Crippen LogP contribution in [0.5, 0.6) is 0 Å². The molecule has 9 heteroatoms. The molecule has 0 radical (unpaired) electrons. The van der Waals surface area contributed by atoms with Crippen LogP contribution < -0.4 is 10.6 Å². The molecule has 3 heterocycles. The standard InChI is InChI=1S/C31H28ClFN4O3/c1-16(2)26(30(39)34-15-21-22(32)11-7-12-23(21)33)36-29(38)25-14-20-17-8-5-6-13-24(17)35-27(20)28-18-9-3-4-10-19(18)31(40)37(25)28/h3-13,16,25-26,28,35H,14-15H2,1-2H3,(H,34,39)(H,36,38). The van der Waals surface area contributed by atoms with Crippen molar-refractivity contribution in [2.24, 2.45) is 5.92 Å². The molecule has 3 atom stereocenters. The second-order valence-corrected chi connectivity index (χ2v) is 11.0. The molecule has 3 N–H and O–H groups in total. The molecule has 40 heavy (non-hydrogen) atoms. The molecule has 6 rings (SSSR count). The van der Waals surface area contributed by atoms with Crippen molar-refractivity contribution in [1.29, 1.82) is 0 Å². The molecule has 0 bridgehead atoms. The highest BCUT2D eigenvalue weighted by atomic mass is 35.5. The van der Waals surface area contributed by atoms with Gasteiger partial charge < -0.3 is 20.5 Å². The van der Waals surface area contributed by atoms with Crippen molar-refractivity contribution in [2.45, 2.75) is 44.9 Å². The number of H-pyrrole nitrogens is 1. The fourth-order valence-corrected chi connectivity index (χ4v) is 6.14. The van der Waals surface area contributed by atoms with Crippen molar-refractivity contribution in [2.75, 3.05) is 0 Å². The summed E-state index contributed by atoms with van der Waals surface area (Å²) in [6, 6.07) is 17.5. The number of aromatic nitrogens is 1. The fraction of sp³-hybridized carbons (Fsp3) is 0.258. The van der Waals surface area contributed by atoms with Gasteiger partial charge in [-0.25, -0.2) is 4.39 Å². The number of aromatic amines is 1. The van der Waals surface area contributed by atoms with Crippen molar-refractivity contribution in [3.8, 4) is 0 Å². The summed E-state index contributed by atoms with van der Waals surface area (Å²) in [5.74, 6) is -1.88. The van der Waals surface area contributed by atoms with E-state index in [1.54, 1.807) is 17.0 Å². The Morgan fingerprint density at radius 2 is 1.82 bits per heavy atom. The van der Waals surface area contributed by atoms with E-state index in [0.717, 1.165) is 27.7 Å². The Hall–Kier alpha value is -4.17. The molecule has 2 aliphatic heterocycles. The topological polar surface area (TPSA) is 94.3 Å². The largest absolute Gasteiger partial charge is 0.356 e. The number of amides is 3. The number of nitrogens with zero attached hydrogens (tertiary/aromatic N) is 1. The Bertz CT molecular complexity index is 1650. The first-order valence-corrected chi connectivity index (χ1v) is 13.7. The summed E-state index contributed by atoms with van der Waals surface area (Å²) in [7, 11) is 0. The summed E-state index contributed by atoms with van der Waals surface area (Å²) >= 11 is 6.12. The molecular formula is C31H28ClFN4O3. The molecule has 4 aromatic rings. The number of hydrogen-bond donors (Lipinski definition) is 3. The van der Waals surface area contributed by atoms with Gasteiger partial charge in [-0.15, -0.1) is 0 Å². The van der Waals surface area contributed by atoms with Crippen molar-refractivity contribution in [1.82, 2.24) is 20.5 Å². The van der Waals surface area contributed by atoms with Crippen LogP contribution in [0.15, 0.2) is 66.7 Å². The highest BCUT2D eigenvalue weighted by Gasteiger charge is 2.49. The lowest BCUT2D eigenvalue weighted by Crippen LogP contribution is -2.57. The minimum absolute atomic E-state index is 0.118. The van der Waals surface area contributed by atoms with Crippen molar-refractivity contribution >= 4 is 40.2 Å². The predicted molar refractivity (Wildman–Crippen MR) is 150 cm³/mol. The maximum absolute atomic E-state index is 14.2. The predicted octanol–water partition coefficient (Wildman–Crippen LogP) is 4.89. The molecule has 1 aromatic heterocycles. The van der Waals surface area contributed by atoms with Gasteiger partial charge in [0.15, 0.2) is 0 Å². The number of rotatable bonds is 6. The van der Waals surface area contributed by atoms with Crippen LogP contribution in [0.1, 0.15) is 52.6 Å². The van der Waals surface area contributed by atoms with Crippen LogP contribution in [0.25, 0.3) is 10.9 Å². The first-order valence-electron chi connectivity index (χ1n) is 13.3. The zero-order valence-corrected chi connectivity index (χ0v) is 22.8. The molecule has 0 saturated heterocycles. The van der Waals surface area contributed by atoms with Gasteiger partial charge >= 0.3 is 0 Å². The van der Waals surface area contributed by atoms with Gasteiger partial charge in [-0.2, -0.15) is 0 Å². The summed E-state index contributed by atoms with van der Waals surface area (Å²) in [4.78, 5) is 45.9. The lowest BCUT2D eigenvalue weighted by Gasteiger charge is -2.38. The second kappa shape index (κ2) is 10.1. The van der Waals surface area contributed by atoms with E-state index in [2.05, 4.69) is 15.6 Å². The Morgan fingerprint density at radius 3 is 2.60 bits per heavy atom. The lowest BCUT2D eigenvalue weighted by atomic mass is 9.89. The summed E-state index contributed by atoms with van der Waals surface area (Å²) in [6.07, 6.45) is 0.304. The van der Waals surface area contributed by atoms with E-state index in [-0.39, 0.29) is 29.0 Å². The minimum atomic E-state index is -0.902. The van der Waals surface area contributed by atoms with E-state index in [4.69, 9.17) is 11.6 Å². The second-order valence-electron chi connectivity index (χ2n) is 10.6. The molecule has 3 unspecified atom stereocenters. The third kappa shape index (κ3) is 4.23. The molecular weight excluding hydrogens is 531 g/mol. The van der Waals surface area contributed by atoms with Crippen molar-refractivity contribution in [3.63, 3.8) is 0 Å². The number of carbonyl (C=O) groups excluding carboxylic acids is 3. The van der Waals surface area contributed by atoms with Gasteiger partial charge in [0.05, 0.1) is 6.04 Å². The van der Waals surface area contributed by atoms with E-state index in [1.807, 2.05) is 56.3 Å². The molecule has 3 amide bonds. The molecule has 0 fully saturated rings. The van der Waals surface area contributed by atoms with Crippen LogP contribution in [-0.4, -0.2) is 39.7 Å². The molecule has 204 valence electrons. The summed E-state index contributed by atoms with van der Waals surface area (Å²) in [5.41, 5.74) is 4.42. The Morgan fingerprint density at radius 1 is 1.07 bits per heavy atom. The Kier molecular flexibility index (Phi) is 6.58. The van der Waals surface area contributed by atoms with Crippen LogP contribution in [-0.2, 0) is 22.6 Å². The zero-order valence-electron chi connectivity index (χ0n) is 22.0. The quantitative estimate of drug-likeness (QED) is 0.315. The third-order valence-electron chi connectivity index (χ3n) is 7.90. The van der Waals surface area contributed by atoms with Gasteiger partial charge in [0.1, 0.15) is 17.9 Å². The number of para-hydroxylation sites is 1. The average Bonchev–Trinajstić information content (AvgIpc) is 3.46. The smallest absolute Gasteiger partial charge is 0.255 e. The van der Waals surface area contributed by atoms with Crippen LogP contribution in [0.2, 0.25) is 5.02 Å². The number of carbonyl (C=O) groups is 3. The van der Waals surface area contributed by atoms with Gasteiger partial charge in [0.2, 0.25) is 11.8 Å². The molecule has 2 aliphatic rings. The minimum Gasteiger partial charge on any atom is -0.356 e. The average molecular weight is 559 g/mol. The van der Waals surface area contributed by atoms with E-state index in [1.165, 1.54) is 12.1 Å². The number of halogens is 2. The normalized spacial score (nSPS) is 18.3. The summed E-state index contributed by atoms with van der Waals surface area (Å²) < 4.78 is 14.2. The van der Waals surface area contributed by atoms with E-state index in [9.17, 15) is 18.8 Å². The number of benzene rings is 3. The third-order valence-corrected chi connectivity index (χ3v) is 8.26. The lowest BCUT2D eigenvalue weighted by molar-refractivity contribution is -0.133. The fourth-order valence-electron chi connectivity index (χ4n) is 5.91. The van der Waals surface area contributed by atoms with Gasteiger partial charge in [-0.1, -0.05) is 67.9 Å². The maximum Gasteiger partial charge on any atom is 0.255 e. The van der Waals surface area contributed by atoms with Crippen molar-refractivity contribution < 1.29 is 18.8 Å².